The summed E-state index contributed by atoms with van der Waals surface area (Å²) >= 11 is 0. The van der Waals surface area contributed by atoms with Gasteiger partial charge in [0.15, 0.2) is 0 Å². The zero-order chi connectivity index (χ0) is 20.8. The van der Waals surface area contributed by atoms with Crippen molar-refractivity contribution in [3.05, 3.63) is 65.5 Å². The maximum Gasteiger partial charge on any atom is 0.313 e. The van der Waals surface area contributed by atoms with Gasteiger partial charge in [0.05, 0.1) is 6.04 Å². The number of benzene rings is 2. The predicted molar refractivity (Wildman–Crippen MR) is 111 cm³/mol. The van der Waals surface area contributed by atoms with Gasteiger partial charge in [-0.25, -0.2) is 4.39 Å². The first-order valence-electron chi connectivity index (χ1n) is 9.77. The molecule has 1 heterocycles. The third-order valence-electron chi connectivity index (χ3n) is 5.29. The SMILES string of the molecule is Cc1ccccc1NC(=O)C(=O)NCC(c1ccc(F)cc1)N1CCN(C)CC1. The number of anilines is 1. The zero-order valence-corrected chi connectivity index (χ0v) is 16.8. The van der Waals surface area contributed by atoms with Gasteiger partial charge in [-0.15, -0.1) is 0 Å². The van der Waals surface area contributed by atoms with Gasteiger partial charge in [0, 0.05) is 38.4 Å². The smallest absolute Gasteiger partial charge is 0.313 e. The van der Waals surface area contributed by atoms with Crippen LogP contribution in [0.5, 0.6) is 0 Å². The van der Waals surface area contributed by atoms with Gasteiger partial charge in [-0.05, 0) is 43.3 Å². The summed E-state index contributed by atoms with van der Waals surface area (Å²) in [5, 5.41) is 5.39. The summed E-state index contributed by atoms with van der Waals surface area (Å²) < 4.78 is 13.4. The number of para-hydroxylation sites is 1. The Morgan fingerprint density at radius 1 is 1.00 bits per heavy atom. The van der Waals surface area contributed by atoms with Crippen molar-refractivity contribution in [2.75, 3.05) is 45.1 Å². The normalized spacial score (nSPS) is 16.2. The number of likely N-dealkylation sites (N-methyl/N-ethyl adjacent to an activating group) is 1. The summed E-state index contributed by atoms with van der Waals surface area (Å²) in [4.78, 5) is 29.2. The molecule has 1 unspecified atom stereocenters. The molecule has 29 heavy (non-hydrogen) atoms. The standard InChI is InChI=1S/C22H27FN4O2/c1-16-5-3-4-6-19(16)25-22(29)21(28)24-15-20(17-7-9-18(23)10-8-17)27-13-11-26(2)12-14-27/h3-10,20H,11-15H2,1-2H3,(H,24,28)(H,25,29). The molecular formula is C22H27FN4O2. The molecule has 2 aromatic rings. The summed E-state index contributed by atoms with van der Waals surface area (Å²) in [5.74, 6) is -1.68. The molecule has 1 aliphatic rings. The largest absolute Gasteiger partial charge is 0.346 e. The number of halogens is 1. The summed E-state index contributed by atoms with van der Waals surface area (Å²) in [7, 11) is 2.07. The lowest BCUT2D eigenvalue weighted by molar-refractivity contribution is -0.136. The van der Waals surface area contributed by atoms with Gasteiger partial charge in [0.25, 0.3) is 0 Å². The molecule has 0 radical (unpaired) electrons. The summed E-state index contributed by atoms with van der Waals surface area (Å²) in [5.41, 5.74) is 2.41. The minimum Gasteiger partial charge on any atom is -0.346 e. The Balaban J connectivity index is 1.65. The van der Waals surface area contributed by atoms with Crippen molar-refractivity contribution in [2.24, 2.45) is 0 Å². The van der Waals surface area contributed by atoms with Crippen LogP contribution in [0.4, 0.5) is 10.1 Å². The van der Waals surface area contributed by atoms with E-state index in [-0.39, 0.29) is 18.4 Å². The van der Waals surface area contributed by atoms with Crippen molar-refractivity contribution in [2.45, 2.75) is 13.0 Å². The van der Waals surface area contributed by atoms with Crippen LogP contribution in [-0.4, -0.2) is 61.4 Å². The van der Waals surface area contributed by atoms with Crippen LogP contribution in [0, 0.1) is 12.7 Å². The number of carbonyl (C=O) groups excluding carboxylic acids is 2. The first kappa shape index (κ1) is 21.0. The lowest BCUT2D eigenvalue weighted by atomic mass is 10.0. The Morgan fingerprint density at radius 3 is 2.31 bits per heavy atom. The third-order valence-corrected chi connectivity index (χ3v) is 5.29. The van der Waals surface area contributed by atoms with E-state index in [9.17, 15) is 14.0 Å². The Hall–Kier alpha value is -2.77. The highest BCUT2D eigenvalue weighted by Crippen LogP contribution is 2.22. The number of hydrogen-bond acceptors (Lipinski definition) is 4. The highest BCUT2D eigenvalue weighted by molar-refractivity contribution is 6.39. The van der Waals surface area contributed by atoms with E-state index in [1.54, 1.807) is 24.3 Å². The van der Waals surface area contributed by atoms with Crippen LogP contribution in [0.15, 0.2) is 48.5 Å². The molecule has 2 N–H and O–H groups in total. The summed E-state index contributed by atoms with van der Waals surface area (Å²) in [6, 6.07) is 13.5. The van der Waals surface area contributed by atoms with E-state index in [4.69, 9.17) is 0 Å². The van der Waals surface area contributed by atoms with Gasteiger partial charge in [-0.1, -0.05) is 30.3 Å². The highest BCUT2D eigenvalue weighted by Gasteiger charge is 2.25. The lowest BCUT2D eigenvalue weighted by Crippen LogP contribution is -2.49. The molecule has 0 aliphatic carbocycles. The maximum atomic E-state index is 13.4. The first-order chi connectivity index (χ1) is 13.9. The monoisotopic (exact) mass is 398 g/mol. The fraction of sp³-hybridized carbons (Fsp3) is 0.364. The van der Waals surface area contributed by atoms with Crippen LogP contribution in [-0.2, 0) is 9.59 Å². The number of aryl methyl sites for hydroxylation is 1. The average Bonchev–Trinajstić information content (AvgIpc) is 2.72. The quantitative estimate of drug-likeness (QED) is 0.758. The number of piperazine rings is 1. The first-order valence-corrected chi connectivity index (χ1v) is 9.77. The number of nitrogens with one attached hydrogen (secondary N) is 2. The van der Waals surface area contributed by atoms with Gasteiger partial charge in [0.1, 0.15) is 5.82 Å². The topological polar surface area (TPSA) is 64.7 Å². The Morgan fingerprint density at radius 2 is 1.66 bits per heavy atom. The van der Waals surface area contributed by atoms with E-state index in [2.05, 4.69) is 27.5 Å². The average molecular weight is 398 g/mol. The van der Waals surface area contributed by atoms with Crippen LogP contribution in [0.25, 0.3) is 0 Å². The number of carbonyl (C=O) groups is 2. The predicted octanol–water partition coefficient (Wildman–Crippen LogP) is 2.18. The van der Waals surface area contributed by atoms with Crippen molar-refractivity contribution in [3.8, 4) is 0 Å². The molecular weight excluding hydrogens is 371 g/mol. The van der Waals surface area contributed by atoms with Crippen molar-refractivity contribution < 1.29 is 14.0 Å². The van der Waals surface area contributed by atoms with Crippen molar-refractivity contribution >= 4 is 17.5 Å². The van der Waals surface area contributed by atoms with Crippen LogP contribution in [0.3, 0.4) is 0 Å². The molecule has 154 valence electrons. The van der Waals surface area contributed by atoms with E-state index in [0.717, 1.165) is 37.3 Å². The number of amides is 2. The third kappa shape index (κ3) is 5.62. The van der Waals surface area contributed by atoms with Crippen molar-refractivity contribution in [1.29, 1.82) is 0 Å². The van der Waals surface area contributed by atoms with Gasteiger partial charge in [0.2, 0.25) is 0 Å². The summed E-state index contributed by atoms with van der Waals surface area (Å²) in [6.07, 6.45) is 0. The number of rotatable bonds is 5. The second-order valence-corrected chi connectivity index (χ2v) is 7.39. The van der Waals surface area contributed by atoms with E-state index < -0.39 is 11.8 Å². The van der Waals surface area contributed by atoms with Crippen molar-refractivity contribution in [3.63, 3.8) is 0 Å². The van der Waals surface area contributed by atoms with Gasteiger partial charge in [-0.3, -0.25) is 14.5 Å². The lowest BCUT2D eigenvalue weighted by Gasteiger charge is -2.38. The number of hydrogen-bond donors (Lipinski definition) is 2. The van der Waals surface area contributed by atoms with Crippen LogP contribution in [0.2, 0.25) is 0 Å². The molecule has 0 spiro atoms. The van der Waals surface area contributed by atoms with Gasteiger partial charge < -0.3 is 15.5 Å². The molecule has 1 atom stereocenters. The Kier molecular flexibility index (Phi) is 6.95. The zero-order valence-electron chi connectivity index (χ0n) is 16.8. The van der Waals surface area contributed by atoms with Gasteiger partial charge in [-0.2, -0.15) is 0 Å². The van der Waals surface area contributed by atoms with Crippen LogP contribution >= 0.6 is 0 Å². The molecule has 1 aliphatic heterocycles. The Bertz CT molecular complexity index is 848. The second-order valence-electron chi connectivity index (χ2n) is 7.39. The van der Waals surface area contributed by atoms with Crippen LogP contribution in [0.1, 0.15) is 17.2 Å². The molecule has 1 fully saturated rings. The molecule has 0 aromatic heterocycles. The number of nitrogens with zero attached hydrogens (tertiary/aromatic N) is 2. The molecule has 3 rings (SSSR count). The molecule has 0 bridgehead atoms. The molecule has 1 saturated heterocycles. The van der Waals surface area contributed by atoms with E-state index in [1.165, 1.54) is 12.1 Å². The molecule has 2 amide bonds. The van der Waals surface area contributed by atoms with E-state index in [0.29, 0.717) is 5.69 Å². The van der Waals surface area contributed by atoms with Crippen LogP contribution < -0.4 is 10.6 Å². The second kappa shape index (κ2) is 9.62. The van der Waals surface area contributed by atoms with E-state index in [1.807, 2.05) is 19.1 Å². The minimum atomic E-state index is -0.699. The summed E-state index contributed by atoms with van der Waals surface area (Å²) in [6.45, 7) is 5.65. The maximum absolute atomic E-state index is 13.4. The fourth-order valence-electron chi connectivity index (χ4n) is 3.44. The van der Waals surface area contributed by atoms with E-state index >= 15 is 0 Å². The van der Waals surface area contributed by atoms with Gasteiger partial charge >= 0.3 is 11.8 Å². The Labute approximate surface area is 170 Å². The highest BCUT2D eigenvalue weighted by atomic mass is 19.1. The molecule has 0 saturated carbocycles. The molecule has 2 aromatic carbocycles. The van der Waals surface area contributed by atoms with Crippen molar-refractivity contribution in [1.82, 2.24) is 15.1 Å². The fourth-order valence-corrected chi connectivity index (χ4v) is 3.44. The molecule has 7 heteroatoms. The molecule has 6 nitrogen and oxygen atoms in total. The minimum absolute atomic E-state index is 0.125.